The van der Waals surface area contributed by atoms with Crippen LogP contribution in [0.4, 0.5) is 5.69 Å². The third-order valence-electron chi connectivity index (χ3n) is 8.39. The Labute approximate surface area is 215 Å². The standard InChI is InChI=1S/C31H26ClNO3/c1-3-17-31-24(20-13-8-5-9-14-20)23(19-11-6-4-7-12-19)30(2,29(31)36)25-26(31)28(35)33(27(25)34)22-16-10-15-21(32)18-22/h4-16,18,25-26H,3,17H2,1-2H3/t25-,26+,30-,31-/m0/s1. The molecule has 4 atom stereocenters. The topological polar surface area (TPSA) is 54.5 Å². The summed E-state index contributed by atoms with van der Waals surface area (Å²) in [5.41, 5.74) is 1.90. The highest BCUT2D eigenvalue weighted by atomic mass is 35.5. The third kappa shape index (κ3) is 2.74. The number of anilines is 1. The maximum Gasteiger partial charge on any atom is 0.239 e. The first-order valence-corrected chi connectivity index (χ1v) is 12.8. The smallest absolute Gasteiger partial charge is 0.239 e. The molecule has 3 aromatic carbocycles. The van der Waals surface area contributed by atoms with Crippen molar-refractivity contribution in [2.75, 3.05) is 4.90 Å². The van der Waals surface area contributed by atoms with E-state index in [1.165, 1.54) is 4.90 Å². The van der Waals surface area contributed by atoms with Crippen molar-refractivity contribution < 1.29 is 14.4 Å². The molecular weight excluding hydrogens is 470 g/mol. The fourth-order valence-corrected chi connectivity index (χ4v) is 7.41. The summed E-state index contributed by atoms with van der Waals surface area (Å²) in [6, 6.07) is 26.6. The Balaban J connectivity index is 1.66. The van der Waals surface area contributed by atoms with E-state index >= 15 is 0 Å². The minimum atomic E-state index is -1.12. The number of Topliss-reactive ketones (excluding diaryl/α,β-unsaturated/α-hetero) is 1. The van der Waals surface area contributed by atoms with Gasteiger partial charge >= 0.3 is 0 Å². The molecule has 1 saturated heterocycles. The summed E-state index contributed by atoms with van der Waals surface area (Å²) in [5, 5.41) is 0.451. The number of halogens is 1. The van der Waals surface area contributed by atoms with E-state index in [0.717, 1.165) is 22.3 Å². The van der Waals surface area contributed by atoms with Crippen LogP contribution >= 0.6 is 11.6 Å². The van der Waals surface area contributed by atoms with Crippen molar-refractivity contribution in [3.8, 4) is 0 Å². The van der Waals surface area contributed by atoms with Crippen LogP contribution in [0.2, 0.25) is 5.02 Å². The van der Waals surface area contributed by atoms with Gasteiger partial charge in [0.2, 0.25) is 11.8 Å². The highest BCUT2D eigenvalue weighted by Gasteiger charge is 2.80. The molecule has 1 saturated carbocycles. The van der Waals surface area contributed by atoms with Crippen LogP contribution in [0.1, 0.15) is 37.8 Å². The van der Waals surface area contributed by atoms with E-state index in [9.17, 15) is 14.4 Å². The molecule has 1 heterocycles. The Morgan fingerprint density at radius 2 is 1.36 bits per heavy atom. The number of carbonyl (C=O) groups is 3. The number of imide groups is 1. The molecule has 3 aliphatic rings. The van der Waals surface area contributed by atoms with Crippen LogP contribution < -0.4 is 4.90 Å². The average molecular weight is 496 g/mol. The van der Waals surface area contributed by atoms with Crippen molar-refractivity contribution in [3.63, 3.8) is 0 Å². The molecule has 2 aliphatic carbocycles. The zero-order valence-corrected chi connectivity index (χ0v) is 21.0. The van der Waals surface area contributed by atoms with Gasteiger partial charge in [0, 0.05) is 5.02 Å². The summed E-state index contributed by atoms with van der Waals surface area (Å²) < 4.78 is 0. The van der Waals surface area contributed by atoms with Crippen molar-refractivity contribution in [1.29, 1.82) is 0 Å². The van der Waals surface area contributed by atoms with Crippen molar-refractivity contribution in [3.05, 3.63) is 101 Å². The van der Waals surface area contributed by atoms with E-state index in [4.69, 9.17) is 11.6 Å². The first-order valence-electron chi connectivity index (χ1n) is 12.4. The second kappa shape index (κ2) is 8.01. The van der Waals surface area contributed by atoms with Crippen LogP contribution in [0.5, 0.6) is 0 Å². The Hall–Kier alpha value is -3.50. The Kier molecular flexibility index (Phi) is 5.10. The predicted molar refractivity (Wildman–Crippen MR) is 141 cm³/mol. The van der Waals surface area contributed by atoms with Crippen LogP contribution in [0.15, 0.2) is 84.9 Å². The molecule has 0 unspecified atom stereocenters. The molecule has 2 fully saturated rings. The molecule has 2 amide bonds. The van der Waals surface area contributed by atoms with Crippen molar-refractivity contribution in [1.82, 2.24) is 0 Å². The Bertz CT molecular complexity index is 1450. The highest BCUT2D eigenvalue weighted by Crippen LogP contribution is 2.74. The van der Waals surface area contributed by atoms with Gasteiger partial charge in [-0.1, -0.05) is 91.7 Å². The predicted octanol–water partition coefficient (Wildman–Crippen LogP) is 6.45. The average Bonchev–Trinajstić information content (AvgIpc) is 3.35. The number of amides is 2. The molecule has 2 bridgehead atoms. The lowest BCUT2D eigenvalue weighted by molar-refractivity contribution is -0.134. The van der Waals surface area contributed by atoms with Crippen LogP contribution in [0.3, 0.4) is 0 Å². The van der Waals surface area contributed by atoms with E-state index in [1.54, 1.807) is 24.3 Å². The molecule has 180 valence electrons. The lowest BCUT2D eigenvalue weighted by atomic mass is 9.61. The summed E-state index contributed by atoms with van der Waals surface area (Å²) in [5.74, 6) is -2.13. The Morgan fingerprint density at radius 3 is 1.94 bits per heavy atom. The number of fused-ring (bicyclic) bond motifs is 5. The van der Waals surface area contributed by atoms with Gasteiger partial charge in [-0.2, -0.15) is 0 Å². The summed E-state index contributed by atoms with van der Waals surface area (Å²) in [7, 11) is 0. The van der Waals surface area contributed by atoms with Crippen LogP contribution in [-0.2, 0) is 14.4 Å². The molecule has 5 heteroatoms. The molecule has 0 aromatic heterocycles. The first-order chi connectivity index (χ1) is 17.4. The minimum Gasteiger partial charge on any atom is -0.298 e. The SMILES string of the molecule is CCC[C@]12C(=O)[C@@](C)(C(c3ccccc3)=C1c1ccccc1)[C@@H]1C(=O)N(c3cccc(Cl)c3)C(=O)[C@@H]12. The first kappa shape index (κ1) is 22.9. The highest BCUT2D eigenvalue weighted by molar-refractivity contribution is 6.35. The number of ketones is 1. The lowest BCUT2D eigenvalue weighted by Gasteiger charge is -2.37. The molecular formula is C31H26ClNO3. The monoisotopic (exact) mass is 495 g/mol. The number of benzene rings is 3. The van der Waals surface area contributed by atoms with Crippen LogP contribution in [0, 0.1) is 22.7 Å². The van der Waals surface area contributed by atoms with Crippen molar-refractivity contribution in [2.45, 2.75) is 26.7 Å². The molecule has 0 spiro atoms. The van der Waals surface area contributed by atoms with Crippen LogP contribution in [0.25, 0.3) is 11.1 Å². The molecule has 36 heavy (non-hydrogen) atoms. The van der Waals surface area contributed by atoms with E-state index in [0.29, 0.717) is 23.6 Å². The molecule has 1 aliphatic heterocycles. The van der Waals surface area contributed by atoms with Gasteiger partial charge in [-0.05, 0) is 53.8 Å². The summed E-state index contributed by atoms with van der Waals surface area (Å²) in [6.45, 7) is 3.92. The Morgan fingerprint density at radius 1 is 0.778 bits per heavy atom. The number of carbonyl (C=O) groups excluding carboxylic acids is 3. The van der Waals surface area contributed by atoms with Gasteiger partial charge in [0.15, 0.2) is 5.78 Å². The molecule has 3 aromatic rings. The lowest BCUT2D eigenvalue weighted by Crippen LogP contribution is -2.41. The van der Waals surface area contributed by atoms with Gasteiger partial charge in [0.05, 0.1) is 28.4 Å². The van der Waals surface area contributed by atoms with Crippen molar-refractivity contribution >= 4 is 46.0 Å². The van der Waals surface area contributed by atoms with Gasteiger partial charge in [0.1, 0.15) is 0 Å². The van der Waals surface area contributed by atoms with E-state index in [1.807, 2.05) is 74.5 Å². The number of hydrogen-bond donors (Lipinski definition) is 0. The van der Waals surface area contributed by atoms with E-state index < -0.39 is 22.7 Å². The zero-order valence-electron chi connectivity index (χ0n) is 20.2. The second-order valence-electron chi connectivity index (χ2n) is 10.2. The number of hydrogen-bond acceptors (Lipinski definition) is 3. The summed E-state index contributed by atoms with van der Waals surface area (Å²) in [4.78, 5) is 44.1. The fraction of sp³-hybridized carbons (Fsp3) is 0.258. The number of rotatable bonds is 5. The van der Waals surface area contributed by atoms with Gasteiger partial charge in [-0.25, -0.2) is 4.90 Å². The maximum atomic E-state index is 14.6. The fourth-order valence-electron chi connectivity index (χ4n) is 7.23. The molecule has 0 radical (unpaired) electrons. The second-order valence-corrected chi connectivity index (χ2v) is 10.6. The summed E-state index contributed by atoms with van der Waals surface area (Å²) in [6.07, 6.45) is 1.22. The van der Waals surface area contributed by atoms with E-state index in [-0.39, 0.29) is 17.6 Å². The zero-order chi connectivity index (χ0) is 25.2. The minimum absolute atomic E-state index is 0.00278. The maximum absolute atomic E-state index is 14.6. The summed E-state index contributed by atoms with van der Waals surface area (Å²) >= 11 is 6.23. The van der Waals surface area contributed by atoms with E-state index in [2.05, 4.69) is 0 Å². The molecule has 4 nitrogen and oxygen atoms in total. The number of nitrogens with zero attached hydrogens (tertiary/aromatic N) is 1. The molecule has 6 rings (SSSR count). The molecule has 0 N–H and O–H groups in total. The van der Waals surface area contributed by atoms with Gasteiger partial charge in [0.25, 0.3) is 0 Å². The van der Waals surface area contributed by atoms with Gasteiger partial charge < -0.3 is 0 Å². The quantitative estimate of drug-likeness (QED) is 0.382. The third-order valence-corrected chi connectivity index (χ3v) is 8.62. The largest absolute Gasteiger partial charge is 0.298 e. The van der Waals surface area contributed by atoms with Gasteiger partial charge in [-0.15, -0.1) is 0 Å². The van der Waals surface area contributed by atoms with Crippen LogP contribution in [-0.4, -0.2) is 17.6 Å². The van der Waals surface area contributed by atoms with Gasteiger partial charge in [-0.3, -0.25) is 14.4 Å². The normalized spacial score (nSPS) is 28.9. The number of allylic oxidation sites excluding steroid dienone is 2. The van der Waals surface area contributed by atoms with Crippen molar-refractivity contribution in [2.24, 2.45) is 22.7 Å².